The summed E-state index contributed by atoms with van der Waals surface area (Å²) in [6.07, 6.45) is -0.0628. The smallest absolute Gasteiger partial charge is 0.337 e. The molecule has 7 nitrogen and oxygen atoms in total. The molecule has 3 N–H and O–H groups in total. The van der Waals surface area contributed by atoms with E-state index in [1.807, 2.05) is 0 Å². The molecular formula is C11H12Cl2N2O5S. The van der Waals surface area contributed by atoms with Crippen molar-refractivity contribution in [2.45, 2.75) is 11.3 Å². The van der Waals surface area contributed by atoms with E-state index in [1.165, 1.54) is 7.05 Å². The van der Waals surface area contributed by atoms with Crippen LogP contribution in [-0.4, -0.2) is 39.0 Å². The second-order valence-electron chi connectivity index (χ2n) is 3.89. The molecule has 0 heterocycles. The van der Waals surface area contributed by atoms with Crippen LogP contribution in [0.25, 0.3) is 0 Å². The van der Waals surface area contributed by atoms with Crippen LogP contribution in [0.4, 0.5) is 0 Å². The fraction of sp³-hybridized carbons (Fsp3) is 0.273. The predicted octanol–water partition coefficient (Wildman–Crippen LogP) is 1.11. The number of carboxylic acids is 1. The highest BCUT2D eigenvalue weighted by atomic mass is 35.5. The summed E-state index contributed by atoms with van der Waals surface area (Å²) in [5.74, 6) is -1.72. The van der Waals surface area contributed by atoms with Crippen LogP contribution in [0.15, 0.2) is 17.0 Å². The highest BCUT2D eigenvalue weighted by Crippen LogP contribution is 2.28. The average molecular weight is 355 g/mol. The fourth-order valence-corrected chi connectivity index (χ4v) is 3.28. The Kier molecular flexibility index (Phi) is 5.97. The highest BCUT2D eigenvalue weighted by molar-refractivity contribution is 7.89. The maximum absolute atomic E-state index is 12.0. The van der Waals surface area contributed by atoms with E-state index in [0.29, 0.717) is 0 Å². The Balaban J connectivity index is 3.05. The predicted molar refractivity (Wildman–Crippen MR) is 77.3 cm³/mol. The van der Waals surface area contributed by atoms with Crippen molar-refractivity contribution in [1.29, 1.82) is 0 Å². The van der Waals surface area contributed by atoms with Gasteiger partial charge in [0, 0.05) is 20.0 Å². The van der Waals surface area contributed by atoms with Gasteiger partial charge in [-0.15, -0.1) is 0 Å². The van der Waals surface area contributed by atoms with Gasteiger partial charge in [-0.1, -0.05) is 23.2 Å². The summed E-state index contributed by atoms with van der Waals surface area (Å²) < 4.78 is 26.2. The third-order valence-electron chi connectivity index (χ3n) is 2.46. The zero-order valence-electron chi connectivity index (χ0n) is 10.8. The van der Waals surface area contributed by atoms with Gasteiger partial charge in [-0.25, -0.2) is 17.9 Å². The van der Waals surface area contributed by atoms with Crippen molar-refractivity contribution in [3.8, 4) is 0 Å². The lowest BCUT2D eigenvalue weighted by molar-refractivity contribution is -0.120. The number of amides is 1. The number of nitrogens with one attached hydrogen (secondary N) is 2. The number of hydrogen-bond acceptors (Lipinski definition) is 4. The number of halogens is 2. The molecule has 0 aromatic heterocycles. The molecular weight excluding hydrogens is 343 g/mol. The molecule has 116 valence electrons. The molecule has 0 saturated heterocycles. The number of benzene rings is 1. The molecule has 1 amide bonds. The molecule has 1 aromatic carbocycles. The second kappa shape index (κ2) is 7.08. The highest BCUT2D eigenvalue weighted by Gasteiger charge is 2.22. The quantitative estimate of drug-likeness (QED) is 0.708. The Labute approximate surface area is 131 Å². The molecule has 0 aliphatic heterocycles. The fourth-order valence-electron chi connectivity index (χ4n) is 1.40. The van der Waals surface area contributed by atoms with Crippen molar-refractivity contribution < 1.29 is 23.1 Å². The maximum Gasteiger partial charge on any atom is 0.337 e. The molecule has 10 heteroatoms. The molecule has 0 spiro atoms. The van der Waals surface area contributed by atoms with Gasteiger partial charge in [0.25, 0.3) is 0 Å². The Hall–Kier alpha value is -1.35. The lowest BCUT2D eigenvalue weighted by Gasteiger charge is -2.10. The Morgan fingerprint density at radius 2 is 1.86 bits per heavy atom. The van der Waals surface area contributed by atoms with Crippen LogP contribution in [-0.2, 0) is 14.8 Å². The van der Waals surface area contributed by atoms with Gasteiger partial charge in [-0.3, -0.25) is 4.79 Å². The summed E-state index contributed by atoms with van der Waals surface area (Å²) >= 11 is 11.5. The molecule has 0 aliphatic rings. The molecule has 0 unspecified atom stereocenters. The minimum absolute atomic E-state index is 0.0628. The van der Waals surface area contributed by atoms with Crippen molar-refractivity contribution >= 4 is 45.1 Å². The van der Waals surface area contributed by atoms with Gasteiger partial charge in [0.15, 0.2) is 0 Å². The van der Waals surface area contributed by atoms with Gasteiger partial charge < -0.3 is 10.4 Å². The lowest BCUT2D eigenvalue weighted by Crippen LogP contribution is -2.29. The number of sulfonamides is 1. The Morgan fingerprint density at radius 3 is 2.38 bits per heavy atom. The monoisotopic (exact) mass is 354 g/mol. The summed E-state index contributed by atoms with van der Waals surface area (Å²) in [6, 6.07) is 1.91. The van der Waals surface area contributed by atoms with Crippen LogP contribution in [0.5, 0.6) is 0 Å². The summed E-state index contributed by atoms with van der Waals surface area (Å²) in [6.45, 7) is -0.149. The zero-order valence-corrected chi connectivity index (χ0v) is 13.1. The normalized spacial score (nSPS) is 11.2. The SMILES string of the molecule is CNC(=O)CCNS(=O)(=O)c1cc(C(=O)O)c(Cl)cc1Cl. The third-order valence-corrected chi connectivity index (χ3v) is 4.70. The van der Waals surface area contributed by atoms with Gasteiger partial charge >= 0.3 is 5.97 Å². The van der Waals surface area contributed by atoms with E-state index >= 15 is 0 Å². The number of aromatic carboxylic acids is 1. The van der Waals surface area contributed by atoms with Gasteiger partial charge in [0.2, 0.25) is 15.9 Å². The summed E-state index contributed by atoms with van der Waals surface area (Å²) in [4.78, 5) is 21.6. The molecule has 0 fully saturated rings. The van der Waals surface area contributed by atoms with Crippen molar-refractivity contribution in [3.05, 3.63) is 27.7 Å². The van der Waals surface area contributed by atoms with Crippen LogP contribution in [0.1, 0.15) is 16.8 Å². The second-order valence-corrected chi connectivity index (χ2v) is 6.44. The molecule has 1 rings (SSSR count). The van der Waals surface area contributed by atoms with E-state index in [2.05, 4.69) is 10.0 Å². The average Bonchev–Trinajstić information content (AvgIpc) is 2.37. The zero-order chi connectivity index (χ0) is 16.2. The Bertz CT molecular complexity index is 675. The number of hydrogen-bond donors (Lipinski definition) is 3. The molecule has 0 bridgehead atoms. The first-order valence-corrected chi connectivity index (χ1v) is 7.85. The van der Waals surface area contributed by atoms with E-state index in [-0.39, 0.29) is 34.5 Å². The first-order valence-electron chi connectivity index (χ1n) is 5.61. The van der Waals surface area contributed by atoms with Crippen LogP contribution in [0, 0.1) is 0 Å². The largest absolute Gasteiger partial charge is 0.478 e. The van der Waals surface area contributed by atoms with Crippen LogP contribution in [0.2, 0.25) is 10.0 Å². The van der Waals surface area contributed by atoms with Gasteiger partial charge in [-0.2, -0.15) is 0 Å². The van der Waals surface area contributed by atoms with E-state index < -0.39 is 20.9 Å². The first kappa shape index (κ1) is 17.7. The van der Waals surface area contributed by atoms with Crippen molar-refractivity contribution in [2.24, 2.45) is 0 Å². The van der Waals surface area contributed by atoms with Crippen LogP contribution >= 0.6 is 23.2 Å². The summed E-state index contributed by atoms with van der Waals surface area (Å²) in [7, 11) is -2.63. The number of carbonyl (C=O) groups excluding carboxylic acids is 1. The van der Waals surface area contributed by atoms with Crippen LogP contribution in [0.3, 0.4) is 0 Å². The first-order chi connectivity index (χ1) is 9.69. The van der Waals surface area contributed by atoms with E-state index in [4.69, 9.17) is 28.3 Å². The maximum atomic E-state index is 12.0. The number of carbonyl (C=O) groups is 2. The molecule has 0 saturated carbocycles. The molecule has 0 aliphatic carbocycles. The minimum atomic E-state index is -4.05. The van der Waals surface area contributed by atoms with E-state index in [0.717, 1.165) is 12.1 Å². The summed E-state index contributed by atoms with van der Waals surface area (Å²) in [5, 5.41) is 10.9. The van der Waals surface area contributed by atoms with Gasteiger partial charge in [-0.05, 0) is 12.1 Å². The van der Waals surface area contributed by atoms with Crippen molar-refractivity contribution in [3.63, 3.8) is 0 Å². The molecule has 1 aromatic rings. The topological polar surface area (TPSA) is 113 Å². The number of carboxylic acid groups (broad SMARTS) is 1. The third kappa shape index (κ3) is 4.57. The van der Waals surface area contributed by atoms with Crippen molar-refractivity contribution in [2.75, 3.05) is 13.6 Å². The lowest BCUT2D eigenvalue weighted by atomic mass is 10.2. The van der Waals surface area contributed by atoms with E-state index in [1.54, 1.807) is 0 Å². The van der Waals surface area contributed by atoms with Gasteiger partial charge in [0.1, 0.15) is 4.90 Å². The Morgan fingerprint density at radius 1 is 1.24 bits per heavy atom. The molecule has 0 atom stereocenters. The number of rotatable bonds is 6. The molecule has 0 radical (unpaired) electrons. The standard InChI is InChI=1S/C11H12Cl2N2O5S/c1-14-10(16)2-3-15-21(19,20)9-4-6(11(17)18)7(12)5-8(9)13/h4-5,15H,2-3H2,1H3,(H,14,16)(H,17,18). The van der Waals surface area contributed by atoms with Gasteiger partial charge in [0.05, 0.1) is 15.6 Å². The van der Waals surface area contributed by atoms with Crippen LogP contribution < -0.4 is 10.0 Å². The minimum Gasteiger partial charge on any atom is -0.478 e. The van der Waals surface area contributed by atoms with Crippen molar-refractivity contribution in [1.82, 2.24) is 10.0 Å². The summed E-state index contributed by atoms with van der Waals surface area (Å²) in [5.41, 5.74) is -0.382. The molecule has 21 heavy (non-hydrogen) atoms. The van der Waals surface area contributed by atoms with E-state index in [9.17, 15) is 18.0 Å².